The zero-order chi connectivity index (χ0) is 13.8. The number of benzene rings is 1. The molecule has 1 heterocycles. The Morgan fingerprint density at radius 3 is 2.89 bits per heavy atom. The van der Waals surface area contributed by atoms with E-state index in [1.807, 2.05) is 53.8 Å². The van der Waals surface area contributed by atoms with Gasteiger partial charge in [-0.25, -0.2) is 4.98 Å². The van der Waals surface area contributed by atoms with Gasteiger partial charge in [0.1, 0.15) is 0 Å². The minimum atomic E-state index is 0.0158. The first kappa shape index (κ1) is 14.5. The van der Waals surface area contributed by atoms with Crippen LogP contribution in [0.15, 0.2) is 39.9 Å². The predicted molar refractivity (Wildman–Crippen MR) is 88.6 cm³/mol. The third-order valence-corrected chi connectivity index (χ3v) is 4.63. The molecule has 0 atom stereocenters. The number of hydrogen-bond acceptors (Lipinski definition) is 3. The first-order chi connectivity index (χ1) is 9.09. The molecule has 6 heteroatoms. The van der Waals surface area contributed by atoms with E-state index < -0.39 is 0 Å². The minimum absolute atomic E-state index is 0.0158. The quantitative estimate of drug-likeness (QED) is 0.754. The van der Waals surface area contributed by atoms with Crippen LogP contribution in [0.5, 0.6) is 0 Å². The van der Waals surface area contributed by atoms with Crippen LogP contribution < -0.4 is 10.9 Å². The molecule has 0 unspecified atom stereocenters. The van der Waals surface area contributed by atoms with E-state index in [1.165, 1.54) is 0 Å². The molecule has 0 spiro atoms. The molecule has 0 bridgehead atoms. The Bertz CT molecular complexity index is 642. The Morgan fingerprint density at radius 1 is 1.42 bits per heavy atom. The maximum absolute atomic E-state index is 12.0. The van der Waals surface area contributed by atoms with Gasteiger partial charge in [-0.3, -0.25) is 9.36 Å². The molecular formula is C13H13BrIN3O. The maximum atomic E-state index is 12.0. The average molecular weight is 434 g/mol. The van der Waals surface area contributed by atoms with Crippen molar-refractivity contribution in [3.63, 3.8) is 0 Å². The van der Waals surface area contributed by atoms with Crippen molar-refractivity contribution in [2.45, 2.75) is 13.5 Å². The number of aryl methyl sites for hydroxylation is 1. The third kappa shape index (κ3) is 3.56. The van der Waals surface area contributed by atoms with E-state index in [0.29, 0.717) is 16.7 Å². The molecule has 0 fully saturated rings. The summed E-state index contributed by atoms with van der Waals surface area (Å²) in [5.74, 6) is 0. The zero-order valence-corrected chi connectivity index (χ0v) is 14.1. The molecule has 0 radical (unpaired) electrons. The van der Waals surface area contributed by atoms with Crippen molar-refractivity contribution < 1.29 is 0 Å². The maximum Gasteiger partial charge on any atom is 0.267 e. The molecule has 1 aromatic carbocycles. The summed E-state index contributed by atoms with van der Waals surface area (Å²) in [6, 6.07) is 7.90. The number of nitrogens with zero attached hydrogens (tertiary/aromatic N) is 2. The molecule has 0 saturated carbocycles. The summed E-state index contributed by atoms with van der Waals surface area (Å²) < 4.78 is 3.32. The summed E-state index contributed by atoms with van der Waals surface area (Å²) in [6.45, 7) is 3.10. The van der Waals surface area contributed by atoms with Crippen LogP contribution in [0, 0.1) is 10.5 Å². The van der Waals surface area contributed by atoms with Crippen LogP contribution in [0.1, 0.15) is 5.69 Å². The van der Waals surface area contributed by atoms with Crippen LogP contribution in [-0.2, 0) is 6.54 Å². The number of rotatable bonds is 4. The Morgan fingerprint density at radius 2 is 2.16 bits per heavy atom. The lowest BCUT2D eigenvalue weighted by molar-refractivity contribution is 0.671. The van der Waals surface area contributed by atoms with Gasteiger partial charge in [0.05, 0.1) is 15.6 Å². The molecule has 0 amide bonds. The zero-order valence-electron chi connectivity index (χ0n) is 10.4. The molecule has 0 aliphatic rings. The van der Waals surface area contributed by atoms with Crippen LogP contribution in [0.3, 0.4) is 0 Å². The van der Waals surface area contributed by atoms with Crippen molar-refractivity contribution in [3.05, 3.63) is 54.7 Å². The summed E-state index contributed by atoms with van der Waals surface area (Å²) in [7, 11) is 0. The molecule has 1 aromatic heterocycles. The SMILES string of the molecule is Cc1ncn(CCNc2ccccc2Br)c(=O)c1I. The lowest BCUT2D eigenvalue weighted by Crippen LogP contribution is -2.26. The molecule has 19 heavy (non-hydrogen) atoms. The van der Waals surface area contributed by atoms with Crippen LogP contribution in [0.4, 0.5) is 5.69 Å². The highest BCUT2D eigenvalue weighted by atomic mass is 127. The molecule has 100 valence electrons. The first-order valence-electron chi connectivity index (χ1n) is 5.79. The van der Waals surface area contributed by atoms with E-state index in [1.54, 1.807) is 10.9 Å². The van der Waals surface area contributed by atoms with Gasteiger partial charge in [0, 0.05) is 23.2 Å². The highest BCUT2D eigenvalue weighted by Crippen LogP contribution is 2.20. The molecule has 0 saturated heterocycles. The molecule has 0 aliphatic carbocycles. The van der Waals surface area contributed by atoms with Gasteiger partial charge in [0.15, 0.2) is 0 Å². The van der Waals surface area contributed by atoms with Crippen molar-refractivity contribution >= 4 is 44.2 Å². The van der Waals surface area contributed by atoms with Crippen molar-refractivity contribution in [2.75, 3.05) is 11.9 Å². The smallest absolute Gasteiger partial charge is 0.267 e. The topological polar surface area (TPSA) is 46.9 Å². The fraction of sp³-hybridized carbons (Fsp3) is 0.231. The fourth-order valence-electron chi connectivity index (χ4n) is 1.62. The predicted octanol–water partition coefficient (Wildman–Crippen LogP) is 3.03. The second kappa shape index (κ2) is 6.51. The van der Waals surface area contributed by atoms with E-state index in [9.17, 15) is 4.79 Å². The van der Waals surface area contributed by atoms with E-state index in [0.717, 1.165) is 15.9 Å². The highest BCUT2D eigenvalue weighted by Gasteiger charge is 2.05. The van der Waals surface area contributed by atoms with Gasteiger partial charge in [0.2, 0.25) is 0 Å². The number of halogens is 2. The second-order valence-electron chi connectivity index (χ2n) is 4.05. The number of nitrogens with one attached hydrogen (secondary N) is 1. The number of aromatic nitrogens is 2. The Labute approximate surface area is 133 Å². The third-order valence-electron chi connectivity index (χ3n) is 2.70. The number of para-hydroxylation sites is 1. The summed E-state index contributed by atoms with van der Waals surface area (Å²) in [6.07, 6.45) is 1.60. The summed E-state index contributed by atoms with van der Waals surface area (Å²) in [4.78, 5) is 16.2. The normalized spacial score (nSPS) is 10.5. The van der Waals surface area contributed by atoms with Gasteiger partial charge >= 0.3 is 0 Å². The second-order valence-corrected chi connectivity index (χ2v) is 5.98. The summed E-state index contributed by atoms with van der Waals surface area (Å²) in [5, 5.41) is 3.29. The molecule has 2 rings (SSSR count). The van der Waals surface area contributed by atoms with Crippen LogP contribution in [0.25, 0.3) is 0 Å². The van der Waals surface area contributed by atoms with Gasteiger partial charge in [0.25, 0.3) is 5.56 Å². The monoisotopic (exact) mass is 433 g/mol. The molecule has 1 N–H and O–H groups in total. The van der Waals surface area contributed by atoms with Crippen LogP contribution >= 0.6 is 38.5 Å². The van der Waals surface area contributed by atoms with Gasteiger partial charge in [-0.1, -0.05) is 12.1 Å². The molecule has 4 nitrogen and oxygen atoms in total. The lowest BCUT2D eigenvalue weighted by Gasteiger charge is -2.10. The minimum Gasteiger partial charge on any atom is -0.382 e. The van der Waals surface area contributed by atoms with Gasteiger partial charge in [-0.2, -0.15) is 0 Å². The fourth-order valence-corrected chi connectivity index (χ4v) is 2.50. The molecular weight excluding hydrogens is 421 g/mol. The molecule has 0 aliphatic heterocycles. The number of hydrogen-bond donors (Lipinski definition) is 1. The van der Waals surface area contributed by atoms with Gasteiger partial charge in [-0.05, 0) is 57.6 Å². The largest absolute Gasteiger partial charge is 0.382 e. The van der Waals surface area contributed by atoms with Crippen molar-refractivity contribution in [3.8, 4) is 0 Å². The van der Waals surface area contributed by atoms with Crippen molar-refractivity contribution in [1.82, 2.24) is 9.55 Å². The first-order valence-corrected chi connectivity index (χ1v) is 7.66. The van der Waals surface area contributed by atoms with Crippen LogP contribution in [0.2, 0.25) is 0 Å². The number of anilines is 1. The molecule has 2 aromatic rings. The Kier molecular flexibility index (Phi) is 4.98. The summed E-state index contributed by atoms with van der Waals surface area (Å²) in [5.41, 5.74) is 1.81. The van der Waals surface area contributed by atoms with E-state index in [4.69, 9.17) is 0 Å². The van der Waals surface area contributed by atoms with Gasteiger partial charge < -0.3 is 5.32 Å². The summed E-state index contributed by atoms with van der Waals surface area (Å²) >= 11 is 5.51. The highest BCUT2D eigenvalue weighted by molar-refractivity contribution is 14.1. The standard InChI is InChI=1S/C13H13BrIN3O/c1-9-12(15)13(19)18(8-17-9)7-6-16-11-5-3-2-4-10(11)14/h2-5,8,16H,6-7H2,1H3. The van der Waals surface area contributed by atoms with E-state index in [-0.39, 0.29) is 5.56 Å². The Balaban J connectivity index is 2.03. The van der Waals surface area contributed by atoms with Gasteiger partial charge in [-0.15, -0.1) is 0 Å². The van der Waals surface area contributed by atoms with Crippen molar-refractivity contribution in [2.24, 2.45) is 0 Å². The van der Waals surface area contributed by atoms with Crippen LogP contribution in [-0.4, -0.2) is 16.1 Å². The average Bonchev–Trinajstić information content (AvgIpc) is 2.41. The van der Waals surface area contributed by atoms with E-state index >= 15 is 0 Å². The van der Waals surface area contributed by atoms with E-state index in [2.05, 4.69) is 26.2 Å². The Hall–Kier alpha value is -0.890. The lowest BCUT2D eigenvalue weighted by atomic mass is 10.3. The van der Waals surface area contributed by atoms with Crippen molar-refractivity contribution in [1.29, 1.82) is 0 Å².